The largest absolute Gasteiger partial charge is 0.381 e. The Bertz CT molecular complexity index is 188. The van der Waals surface area contributed by atoms with Crippen molar-refractivity contribution in [1.29, 1.82) is 0 Å². The van der Waals surface area contributed by atoms with E-state index in [1.165, 1.54) is 45.1 Å². The van der Waals surface area contributed by atoms with Crippen LogP contribution in [-0.2, 0) is 4.74 Å². The molecule has 2 heteroatoms. The summed E-state index contributed by atoms with van der Waals surface area (Å²) >= 11 is 0. The molecule has 1 aliphatic rings. The van der Waals surface area contributed by atoms with Crippen LogP contribution in [0.2, 0.25) is 0 Å². The van der Waals surface area contributed by atoms with Crippen LogP contribution in [0.5, 0.6) is 0 Å². The fraction of sp³-hybridized carbons (Fsp3) is 1.00. The van der Waals surface area contributed by atoms with Crippen molar-refractivity contribution in [2.24, 2.45) is 17.8 Å². The van der Waals surface area contributed by atoms with Crippen LogP contribution in [0.25, 0.3) is 0 Å². The molecule has 0 spiro atoms. The van der Waals surface area contributed by atoms with E-state index in [4.69, 9.17) is 4.74 Å². The van der Waals surface area contributed by atoms with E-state index in [1.807, 2.05) is 0 Å². The van der Waals surface area contributed by atoms with Gasteiger partial charge in [0.1, 0.15) is 0 Å². The summed E-state index contributed by atoms with van der Waals surface area (Å²) < 4.78 is 5.79. The molecule has 1 aliphatic carbocycles. The lowest BCUT2D eigenvalue weighted by Crippen LogP contribution is -2.28. The van der Waals surface area contributed by atoms with Crippen molar-refractivity contribution in [3.05, 3.63) is 0 Å². The molecule has 1 unspecified atom stereocenters. The van der Waals surface area contributed by atoms with E-state index in [2.05, 4.69) is 26.1 Å². The quantitative estimate of drug-likeness (QED) is 0.599. The van der Waals surface area contributed by atoms with Crippen LogP contribution < -0.4 is 5.32 Å². The predicted octanol–water partition coefficient (Wildman–Crippen LogP) is 3.86. The molecule has 0 bridgehead atoms. The van der Waals surface area contributed by atoms with Crippen LogP contribution in [0.3, 0.4) is 0 Å². The number of rotatable bonds is 10. The van der Waals surface area contributed by atoms with Gasteiger partial charge in [-0.25, -0.2) is 0 Å². The lowest BCUT2D eigenvalue weighted by molar-refractivity contribution is 0.101. The lowest BCUT2D eigenvalue weighted by Gasteiger charge is -2.23. The lowest BCUT2D eigenvalue weighted by atomic mass is 9.88. The van der Waals surface area contributed by atoms with Crippen molar-refractivity contribution in [2.75, 3.05) is 26.3 Å². The first-order chi connectivity index (χ1) is 8.74. The summed E-state index contributed by atoms with van der Waals surface area (Å²) in [5.41, 5.74) is 0. The first-order valence-corrected chi connectivity index (χ1v) is 8.02. The molecule has 0 aliphatic heterocycles. The molecule has 0 aromatic rings. The average Bonchev–Trinajstić information content (AvgIpc) is 2.86. The summed E-state index contributed by atoms with van der Waals surface area (Å²) in [6.45, 7) is 10.9. The molecule has 1 atom stereocenters. The topological polar surface area (TPSA) is 21.3 Å². The molecule has 0 saturated heterocycles. The van der Waals surface area contributed by atoms with Crippen LogP contribution in [0, 0.1) is 17.8 Å². The molecule has 18 heavy (non-hydrogen) atoms. The third-order valence-corrected chi connectivity index (χ3v) is 4.20. The summed E-state index contributed by atoms with van der Waals surface area (Å²) in [7, 11) is 0. The SMILES string of the molecule is CCNCC(CCOCCC(C)C)C1CCCC1. The van der Waals surface area contributed by atoms with Crippen molar-refractivity contribution in [3.63, 3.8) is 0 Å². The van der Waals surface area contributed by atoms with Crippen LogP contribution in [0.15, 0.2) is 0 Å². The van der Waals surface area contributed by atoms with Gasteiger partial charge in [-0.1, -0.05) is 46.5 Å². The molecule has 2 nitrogen and oxygen atoms in total. The Morgan fingerprint density at radius 1 is 1.11 bits per heavy atom. The second kappa shape index (κ2) is 9.80. The predicted molar refractivity (Wildman–Crippen MR) is 78.9 cm³/mol. The molecule has 1 fully saturated rings. The molecule has 0 aromatic carbocycles. The van der Waals surface area contributed by atoms with Crippen LogP contribution in [0.4, 0.5) is 0 Å². The third kappa shape index (κ3) is 6.75. The minimum atomic E-state index is 0.761. The summed E-state index contributed by atoms with van der Waals surface area (Å²) in [6.07, 6.45) is 8.23. The fourth-order valence-corrected chi connectivity index (χ4v) is 2.92. The van der Waals surface area contributed by atoms with E-state index >= 15 is 0 Å². The highest BCUT2D eigenvalue weighted by Gasteiger charge is 2.24. The summed E-state index contributed by atoms with van der Waals surface area (Å²) in [4.78, 5) is 0. The molecule has 0 radical (unpaired) electrons. The monoisotopic (exact) mass is 255 g/mol. The van der Waals surface area contributed by atoms with Gasteiger partial charge in [0.05, 0.1) is 0 Å². The molecule has 1 saturated carbocycles. The normalized spacial score (nSPS) is 18.7. The van der Waals surface area contributed by atoms with Crippen LogP contribution in [-0.4, -0.2) is 26.3 Å². The fourth-order valence-electron chi connectivity index (χ4n) is 2.92. The summed E-state index contributed by atoms with van der Waals surface area (Å²) in [5, 5.41) is 3.53. The molecule has 0 aromatic heterocycles. The first-order valence-electron chi connectivity index (χ1n) is 8.02. The van der Waals surface area contributed by atoms with E-state index in [1.54, 1.807) is 0 Å². The Hall–Kier alpha value is -0.0800. The summed E-state index contributed by atoms with van der Waals surface area (Å²) in [5.74, 6) is 2.56. The van der Waals surface area contributed by atoms with Crippen molar-refractivity contribution >= 4 is 0 Å². The minimum absolute atomic E-state index is 0.761. The highest BCUT2D eigenvalue weighted by atomic mass is 16.5. The molecule has 0 heterocycles. The van der Waals surface area contributed by atoms with Gasteiger partial charge < -0.3 is 10.1 Å². The summed E-state index contributed by atoms with van der Waals surface area (Å²) in [6, 6.07) is 0. The van der Waals surface area contributed by atoms with E-state index in [0.29, 0.717) is 0 Å². The maximum atomic E-state index is 5.79. The third-order valence-electron chi connectivity index (χ3n) is 4.20. The number of nitrogens with one attached hydrogen (secondary N) is 1. The van der Waals surface area contributed by atoms with Gasteiger partial charge in [-0.15, -0.1) is 0 Å². The standard InChI is InChI=1S/C16H33NO/c1-4-17-13-16(15-7-5-6-8-15)10-12-18-11-9-14(2)3/h14-17H,4-13H2,1-3H3. The van der Waals surface area contributed by atoms with Gasteiger partial charge in [0.15, 0.2) is 0 Å². The maximum Gasteiger partial charge on any atom is 0.0469 e. The van der Waals surface area contributed by atoms with Crippen molar-refractivity contribution in [3.8, 4) is 0 Å². The van der Waals surface area contributed by atoms with Gasteiger partial charge in [0.25, 0.3) is 0 Å². The van der Waals surface area contributed by atoms with Crippen molar-refractivity contribution in [2.45, 2.75) is 59.3 Å². The average molecular weight is 255 g/mol. The molecule has 108 valence electrons. The minimum Gasteiger partial charge on any atom is -0.381 e. The highest BCUT2D eigenvalue weighted by molar-refractivity contribution is 4.77. The molecular formula is C16H33NO. The van der Waals surface area contributed by atoms with Gasteiger partial charge in [-0.05, 0) is 43.7 Å². The van der Waals surface area contributed by atoms with Crippen molar-refractivity contribution in [1.82, 2.24) is 5.32 Å². The van der Waals surface area contributed by atoms with Crippen molar-refractivity contribution < 1.29 is 4.74 Å². The van der Waals surface area contributed by atoms with E-state index in [9.17, 15) is 0 Å². The number of ether oxygens (including phenoxy) is 1. The smallest absolute Gasteiger partial charge is 0.0469 e. The Morgan fingerprint density at radius 2 is 1.78 bits per heavy atom. The molecule has 0 amide bonds. The van der Waals surface area contributed by atoms with Gasteiger partial charge in [-0.3, -0.25) is 0 Å². The van der Waals surface area contributed by atoms with Gasteiger partial charge in [0.2, 0.25) is 0 Å². The highest BCUT2D eigenvalue weighted by Crippen LogP contribution is 2.32. The first kappa shape index (κ1) is 16.0. The van der Waals surface area contributed by atoms with E-state index in [-0.39, 0.29) is 0 Å². The number of hydrogen-bond donors (Lipinski definition) is 1. The second-order valence-corrected chi connectivity index (χ2v) is 6.20. The zero-order valence-electron chi connectivity index (χ0n) is 12.7. The molecule has 1 rings (SSSR count). The Kier molecular flexibility index (Phi) is 8.70. The van der Waals surface area contributed by atoms with E-state index in [0.717, 1.165) is 37.5 Å². The Labute approximate surface area is 114 Å². The second-order valence-electron chi connectivity index (χ2n) is 6.20. The Balaban J connectivity index is 2.14. The van der Waals surface area contributed by atoms with Gasteiger partial charge in [-0.2, -0.15) is 0 Å². The van der Waals surface area contributed by atoms with E-state index < -0.39 is 0 Å². The molecule has 1 N–H and O–H groups in total. The number of hydrogen-bond acceptors (Lipinski definition) is 2. The zero-order chi connectivity index (χ0) is 13.2. The van der Waals surface area contributed by atoms with Crippen LogP contribution in [0.1, 0.15) is 59.3 Å². The maximum absolute atomic E-state index is 5.79. The zero-order valence-corrected chi connectivity index (χ0v) is 12.7. The Morgan fingerprint density at radius 3 is 2.39 bits per heavy atom. The van der Waals surface area contributed by atoms with Gasteiger partial charge >= 0.3 is 0 Å². The van der Waals surface area contributed by atoms with Gasteiger partial charge in [0, 0.05) is 13.2 Å². The van der Waals surface area contributed by atoms with Crippen LogP contribution >= 0.6 is 0 Å². The molecular weight excluding hydrogens is 222 g/mol.